The number of carbonyl (C=O) groups excluding carboxylic acids is 4. The molecule has 2 atom stereocenters. The molecule has 2 rings (SSSR count). The van der Waals surface area contributed by atoms with Gasteiger partial charge in [-0.25, -0.2) is 4.79 Å². The van der Waals surface area contributed by atoms with E-state index in [1.165, 1.54) is 6.92 Å². The lowest BCUT2D eigenvalue weighted by Crippen LogP contribution is -2.52. The number of benzene rings is 2. The van der Waals surface area contributed by atoms with Crippen LogP contribution in [0.15, 0.2) is 48.5 Å². The second kappa shape index (κ2) is 13.8. The van der Waals surface area contributed by atoms with E-state index in [4.69, 9.17) is 5.11 Å². The van der Waals surface area contributed by atoms with Crippen molar-refractivity contribution in [3.8, 4) is 0 Å². The molecule has 0 fully saturated rings. The van der Waals surface area contributed by atoms with Gasteiger partial charge in [0.05, 0.1) is 18.9 Å². The van der Waals surface area contributed by atoms with E-state index in [1.54, 1.807) is 30.3 Å². The number of hydrogen-bond acceptors (Lipinski definition) is 5. The zero-order valence-corrected chi connectivity index (χ0v) is 21.5. The number of carboxylic acid groups (broad SMARTS) is 1. The van der Waals surface area contributed by atoms with E-state index in [0.29, 0.717) is 23.4 Å². The molecule has 0 aliphatic heterocycles. The maximum atomic E-state index is 12.7. The summed E-state index contributed by atoms with van der Waals surface area (Å²) in [6.45, 7) is 6.86. The number of amides is 4. The average molecular weight is 511 g/mol. The quantitative estimate of drug-likeness (QED) is 0.295. The van der Waals surface area contributed by atoms with Gasteiger partial charge in [0.25, 0.3) is 0 Å². The number of ketones is 1. The Morgan fingerprint density at radius 3 is 2.08 bits per heavy atom. The second-order valence-corrected chi connectivity index (χ2v) is 9.29. The van der Waals surface area contributed by atoms with Gasteiger partial charge in [-0.1, -0.05) is 44.2 Å². The molecule has 0 aliphatic carbocycles. The van der Waals surface area contributed by atoms with E-state index < -0.39 is 48.1 Å². The molecule has 0 saturated carbocycles. The first-order chi connectivity index (χ1) is 17.4. The summed E-state index contributed by atoms with van der Waals surface area (Å²) < 4.78 is 0. The van der Waals surface area contributed by atoms with E-state index in [9.17, 15) is 24.0 Å². The molecule has 0 bridgehead atoms. The number of aliphatic carboxylic acids is 1. The van der Waals surface area contributed by atoms with Gasteiger partial charge >= 0.3 is 12.0 Å². The molecular weight excluding hydrogens is 476 g/mol. The number of aryl methyl sites for hydroxylation is 1. The standard InChI is InChI=1S/C27H34N4O6/c1-16(2)13-23(26(36)30-22(18(4)32)15-25(34)35)29-24(33)14-19-9-11-20(12-10-19)28-27(37)31-21-8-6-5-7-17(21)3/h5-12,16,22-23H,13-15H2,1-4H3,(H,29,33)(H,30,36)(H,34,35)(H2,28,31,37)/t22-,23-/m0/s1. The number of nitrogens with one attached hydrogen (secondary N) is 4. The van der Waals surface area contributed by atoms with Crippen LogP contribution < -0.4 is 21.3 Å². The first-order valence-corrected chi connectivity index (χ1v) is 12.0. The number of rotatable bonds is 12. The highest BCUT2D eigenvalue weighted by Crippen LogP contribution is 2.15. The van der Waals surface area contributed by atoms with Crippen LogP contribution in [-0.2, 0) is 25.6 Å². The Labute approximate surface area is 216 Å². The average Bonchev–Trinajstić information content (AvgIpc) is 2.80. The summed E-state index contributed by atoms with van der Waals surface area (Å²) in [7, 11) is 0. The predicted octanol–water partition coefficient (Wildman–Crippen LogP) is 3.26. The fourth-order valence-corrected chi connectivity index (χ4v) is 3.58. The zero-order chi connectivity index (χ0) is 27.5. The van der Waals surface area contributed by atoms with E-state index in [-0.39, 0.29) is 12.3 Å². The fourth-order valence-electron chi connectivity index (χ4n) is 3.58. The lowest BCUT2D eigenvalue weighted by atomic mass is 10.0. The summed E-state index contributed by atoms with van der Waals surface area (Å²) in [5.74, 6) is -2.65. The Morgan fingerprint density at radius 2 is 1.51 bits per heavy atom. The molecule has 0 radical (unpaired) electrons. The number of carboxylic acids is 1. The summed E-state index contributed by atoms with van der Waals surface area (Å²) >= 11 is 0. The number of carbonyl (C=O) groups is 5. The van der Waals surface area contributed by atoms with Crippen molar-refractivity contribution < 1.29 is 29.1 Å². The Balaban J connectivity index is 1.96. The molecule has 4 amide bonds. The van der Waals surface area contributed by atoms with Crippen molar-refractivity contribution >= 4 is 41.0 Å². The Bertz CT molecular complexity index is 1130. The van der Waals surface area contributed by atoms with Crippen LogP contribution in [-0.4, -0.2) is 46.8 Å². The van der Waals surface area contributed by atoms with E-state index in [2.05, 4.69) is 21.3 Å². The van der Waals surface area contributed by atoms with Gasteiger partial charge in [-0.2, -0.15) is 0 Å². The number of urea groups is 1. The topological polar surface area (TPSA) is 154 Å². The van der Waals surface area contributed by atoms with Crippen molar-refractivity contribution in [3.63, 3.8) is 0 Å². The fraction of sp³-hybridized carbons (Fsp3) is 0.370. The molecule has 37 heavy (non-hydrogen) atoms. The Morgan fingerprint density at radius 1 is 0.865 bits per heavy atom. The van der Waals surface area contributed by atoms with Crippen LogP contribution >= 0.6 is 0 Å². The monoisotopic (exact) mass is 510 g/mol. The van der Waals surface area contributed by atoms with Crippen molar-refractivity contribution in [1.82, 2.24) is 10.6 Å². The highest BCUT2D eigenvalue weighted by Gasteiger charge is 2.27. The molecule has 0 saturated heterocycles. The molecule has 2 aromatic rings. The van der Waals surface area contributed by atoms with Gasteiger partial charge in [0.2, 0.25) is 11.8 Å². The maximum absolute atomic E-state index is 12.7. The SMILES string of the molecule is CC(=O)[C@H](CC(=O)O)NC(=O)[C@H](CC(C)C)NC(=O)Cc1ccc(NC(=O)Nc2ccccc2C)cc1. The molecule has 10 nitrogen and oxygen atoms in total. The van der Waals surface area contributed by atoms with Crippen LogP contribution in [0.25, 0.3) is 0 Å². The van der Waals surface area contributed by atoms with E-state index >= 15 is 0 Å². The highest BCUT2D eigenvalue weighted by molar-refractivity contribution is 6.00. The van der Waals surface area contributed by atoms with Gasteiger partial charge in [-0.15, -0.1) is 0 Å². The summed E-state index contributed by atoms with van der Waals surface area (Å²) in [5.41, 5.74) is 2.84. The number of Topliss-reactive ketones (excluding diaryl/α,β-unsaturated/α-hetero) is 1. The van der Waals surface area contributed by atoms with Crippen LogP contribution in [0.1, 0.15) is 44.7 Å². The van der Waals surface area contributed by atoms with Crippen molar-refractivity contribution in [2.45, 2.75) is 59.0 Å². The first-order valence-electron chi connectivity index (χ1n) is 12.0. The normalized spacial score (nSPS) is 12.2. The van der Waals surface area contributed by atoms with Crippen molar-refractivity contribution in [2.24, 2.45) is 5.92 Å². The molecular formula is C27H34N4O6. The third-order valence-corrected chi connectivity index (χ3v) is 5.51. The van der Waals surface area contributed by atoms with Gasteiger partial charge in [-0.3, -0.25) is 19.2 Å². The summed E-state index contributed by atoms with van der Waals surface area (Å²) in [6, 6.07) is 11.6. The molecule has 0 aromatic heterocycles. The highest BCUT2D eigenvalue weighted by atomic mass is 16.4. The summed E-state index contributed by atoms with van der Waals surface area (Å²) in [6.07, 6.45) is -0.232. The van der Waals surface area contributed by atoms with Crippen molar-refractivity contribution in [3.05, 3.63) is 59.7 Å². The first kappa shape index (κ1) is 29.0. The largest absolute Gasteiger partial charge is 0.481 e. The number of para-hydroxylation sites is 1. The molecule has 0 spiro atoms. The minimum atomic E-state index is -1.21. The van der Waals surface area contributed by atoms with Gasteiger partial charge in [0.15, 0.2) is 5.78 Å². The van der Waals surface area contributed by atoms with Gasteiger partial charge in [0, 0.05) is 11.4 Å². The van der Waals surface area contributed by atoms with Gasteiger partial charge in [-0.05, 0) is 55.5 Å². The zero-order valence-electron chi connectivity index (χ0n) is 21.5. The molecule has 2 aromatic carbocycles. The minimum Gasteiger partial charge on any atom is -0.481 e. The lowest BCUT2D eigenvalue weighted by molar-refractivity contribution is -0.140. The van der Waals surface area contributed by atoms with Crippen LogP contribution in [0, 0.1) is 12.8 Å². The Kier molecular flexibility index (Phi) is 10.8. The third-order valence-electron chi connectivity index (χ3n) is 5.51. The summed E-state index contributed by atoms with van der Waals surface area (Å²) in [5, 5.41) is 19.6. The third kappa shape index (κ3) is 10.1. The van der Waals surface area contributed by atoms with Crippen LogP contribution in [0.2, 0.25) is 0 Å². The van der Waals surface area contributed by atoms with Gasteiger partial charge < -0.3 is 26.4 Å². The van der Waals surface area contributed by atoms with Gasteiger partial charge in [0.1, 0.15) is 6.04 Å². The summed E-state index contributed by atoms with van der Waals surface area (Å²) in [4.78, 5) is 60.4. The molecule has 0 unspecified atom stereocenters. The minimum absolute atomic E-state index is 0.0111. The van der Waals surface area contributed by atoms with Crippen LogP contribution in [0.5, 0.6) is 0 Å². The maximum Gasteiger partial charge on any atom is 0.323 e. The number of anilines is 2. The van der Waals surface area contributed by atoms with Crippen LogP contribution in [0.4, 0.5) is 16.2 Å². The molecule has 5 N–H and O–H groups in total. The Hall–Kier alpha value is -4.21. The molecule has 10 heteroatoms. The molecule has 198 valence electrons. The second-order valence-electron chi connectivity index (χ2n) is 9.29. The van der Waals surface area contributed by atoms with Crippen LogP contribution in [0.3, 0.4) is 0 Å². The number of hydrogen-bond donors (Lipinski definition) is 5. The molecule has 0 heterocycles. The smallest absolute Gasteiger partial charge is 0.323 e. The van der Waals surface area contributed by atoms with E-state index in [0.717, 1.165) is 5.56 Å². The van der Waals surface area contributed by atoms with Crippen molar-refractivity contribution in [1.29, 1.82) is 0 Å². The lowest BCUT2D eigenvalue weighted by Gasteiger charge is -2.23. The van der Waals surface area contributed by atoms with Crippen molar-refractivity contribution in [2.75, 3.05) is 10.6 Å². The predicted molar refractivity (Wildman–Crippen MR) is 140 cm³/mol. The molecule has 0 aliphatic rings. The van der Waals surface area contributed by atoms with E-state index in [1.807, 2.05) is 39.0 Å².